The third-order valence-electron chi connectivity index (χ3n) is 3.67. The molecule has 0 heterocycles. The molecule has 1 aromatic carbocycles. The van der Waals surface area contributed by atoms with Crippen molar-refractivity contribution in [3.63, 3.8) is 0 Å². The van der Waals surface area contributed by atoms with Crippen molar-refractivity contribution in [2.75, 3.05) is 19.7 Å². The minimum absolute atomic E-state index is 0.0424. The second-order valence-electron chi connectivity index (χ2n) is 5.76. The number of benzene rings is 1. The average molecular weight is 289 g/mol. The van der Waals surface area contributed by atoms with Crippen LogP contribution in [0, 0.1) is 23.6 Å². The minimum atomic E-state index is -0.178. The van der Waals surface area contributed by atoms with Gasteiger partial charge in [-0.1, -0.05) is 24.8 Å². The van der Waals surface area contributed by atoms with Crippen molar-refractivity contribution in [2.45, 2.75) is 39.2 Å². The standard InChI is InChI=1S/C18H24FNO/c1-2-10-20(13-16-6-7-16)14-17-9-8-15(12-18(17)19)5-3-4-11-21/h8-9,12,16,21H,2,4,6-7,10-11,13-14H2,1H3. The van der Waals surface area contributed by atoms with Crippen molar-refractivity contribution in [3.05, 3.63) is 35.1 Å². The highest BCUT2D eigenvalue weighted by Gasteiger charge is 2.24. The van der Waals surface area contributed by atoms with Gasteiger partial charge in [0.25, 0.3) is 0 Å². The normalized spacial score (nSPS) is 14.1. The summed E-state index contributed by atoms with van der Waals surface area (Å²) >= 11 is 0. The van der Waals surface area contributed by atoms with Crippen LogP contribution in [-0.4, -0.2) is 29.7 Å². The van der Waals surface area contributed by atoms with E-state index < -0.39 is 0 Å². The summed E-state index contributed by atoms with van der Waals surface area (Å²) in [5.74, 6) is 6.33. The van der Waals surface area contributed by atoms with E-state index in [0.29, 0.717) is 18.5 Å². The molecule has 1 fully saturated rings. The predicted octanol–water partition coefficient (Wildman–Crippen LogP) is 3.18. The van der Waals surface area contributed by atoms with E-state index in [2.05, 4.69) is 23.7 Å². The molecule has 1 saturated carbocycles. The van der Waals surface area contributed by atoms with Crippen LogP contribution in [0.1, 0.15) is 43.7 Å². The van der Waals surface area contributed by atoms with Crippen LogP contribution in [0.4, 0.5) is 4.39 Å². The van der Waals surface area contributed by atoms with Gasteiger partial charge in [0.1, 0.15) is 5.82 Å². The Hall–Kier alpha value is -1.37. The molecular formula is C18H24FNO. The summed E-state index contributed by atoms with van der Waals surface area (Å²) in [7, 11) is 0. The zero-order valence-electron chi connectivity index (χ0n) is 12.7. The van der Waals surface area contributed by atoms with E-state index in [1.807, 2.05) is 12.1 Å². The van der Waals surface area contributed by atoms with Crippen molar-refractivity contribution in [1.82, 2.24) is 4.90 Å². The molecule has 1 aliphatic carbocycles. The molecule has 21 heavy (non-hydrogen) atoms. The molecule has 0 aromatic heterocycles. The topological polar surface area (TPSA) is 23.5 Å². The maximum absolute atomic E-state index is 14.2. The van der Waals surface area contributed by atoms with Gasteiger partial charge in [-0.15, -0.1) is 0 Å². The fourth-order valence-electron chi connectivity index (χ4n) is 2.43. The van der Waals surface area contributed by atoms with E-state index in [0.717, 1.165) is 31.0 Å². The summed E-state index contributed by atoms with van der Waals surface area (Å²) in [4.78, 5) is 2.35. The molecule has 0 amide bonds. The van der Waals surface area contributed by atoms with Gasteiger partial charge >= 0.3 is 0 Å². The highest BCUT2D eigenvalue weighted by Crippen LogP contribution is 2.30. The smallest absolute Gasteiger partial charge is 0.128 e. The lowest BCUT2D eigenvalue weighted by Gasteiger charge is -2.21. The van der Waals surface area contributed by atoms with Gasteiger partial charge in [0.15, 0.2) is 0 Å². The summed E-state index contributed by atoms with van der Waals surface area (Å²) in [5.41, 5.74) is 1.42. The van der Waals surface area contributed by atoms with Crippen LogP contribution in [-0.2, 0) is 6.54 Å². The van der Waals surface area contributed by atoms with E-state index in [4.69, 9.17) is 5.11 Å². The highest BCUT2D eigenvalue weighted by molar-refractivity contribution is 5.37. The lowest BCUT2D eigenvalue weighted by atomic mass is 10.1. The summed E-state index contributed by atoms with van der Waals surface area (Å²) in [6, 6.07) is 5.21. The molecule has 2 nitrogen and oxygen atoms in total. The second-order valence-corrected chi connectivity index (χ2v) is 5.76. The minimum Gasteiger partial charge on any atom is -0.395 e. The number of hydrogen-bond acceptors (Lipinski definition) is 2. The van der Waals surface area contributed by atoms with Crippen LogP contribution < -0.4 is 0 Å². The van der Waals surface area contributed by atoms with Gasteiger partial charge in [-0.05, 0) is 43.9 Å². The largest absolute Gasteiger partial charge is 0.395 e. The first-order chi connectivity index (χ1) is 10.2. The molecule has 0 radical (unpaired) electrons. The zero-order valence-corrected chi connectivity index (χ0v) is 12.7. The lowest BCUT2D eigenvalue weighted by molar-refractivity contribution is 0.251. The number of aliphatic hydroxyl groups excluding tert-OH is 1. The Morgan fingerprint density at radius 1 is 1.38 bits per heavy atom. The van der Waals surface area contributed by atoms with E-state index in [-0.39, 0.29) is 12.4 Å². The molecule has 0 saturated heterocycles. The van der Waals surface area contributed by atoms with Gasteiger partial charge in [-0.3, -0.25) is 4.90 Å². The maximum atomic E-state index is 14.2. The van der Waals surface area contributed by atoms with E-state index in [1.54, 1.807) is 0 Å². The molecule has 1 aromatic rings. The third kappa shape index (κ3) is 5.49. The molecule has 3 heteroatoms. The Kier molecular flexibility index (Phi) is 6.22. The molecule has 1 N–H and O–H groups in total. The van der Waals surface area contributed by atoms with Gasteiger partial charge in [0, 0.05) is 30.6 Å². The fraction of sp³-hybridized carbons (Fsp3) is 0.556. The van der Waals surface area contributed by atoms with Crippen molar-refractivity contribution in [1.29, 1.82) is 0 Å². The quantitative estimate of drug-likeness (QED) is 0.779. The number of hydrogen-bond donors (Lipinski definition) is 1. The molecular weight excluding hydrogens is 265 g/mol. The van der Waals surface area contributed by atoms with Crippen molar-refractivity contribution in [3.8, 4) is 11.8 Å². The first kappa shape index (κ1) is 16.0. The van der Waals surface area contributed by atoms with Crippen molar-refractivity contribution < 1.29 is 9.50 Å². The number of nitrogens with zero attached hydrogens (tertiary/aromatic N) is 1. The van der Waals surface area contributed by atoms with Crippen molar-refractivity contribution in [2.24, 2.45) is 5.92 Å². The predicted molar refractivity (Wildman–Crippen MR) is 83.3 cm³/mol. The summed E-state index contributed by atoms with van der Waals surface area (Å²) in [6.45, 7) is 5.00. The van der Waals surface area contributed by atoms with Crippen LogP contribution >= 0.6 is 0 Å². The van der Waals surface area contributed by atoms with E-state index >= 15 is 0 Å². The van der Waals surface area contributed by atoms with Gasteiger partial charge in [-0.25, -0.2) is 4.39 Å². The van der Waals surface area contributed by atoms with Gasteiger partial charge in [0.2, 0.25) is 0 Å². The Bertz CT molecular complexity index is 514. The molecule has 2 rings (SSSR count). The van der Waals surface area contributed by atoms with Crippen LogP contribution in [0.2, 0.25) is 0 Å². The van der Waals surface area contributed by atoms with Crippen LogP contribution in [0.5, 0.6) is 0 Å². The summed E-state index contributed by atoms with van der Waals surface area (Å²) in [5, 5.41) is 8.69. The SMILES string of the molecule is CCCN(Cc1ccc(C#CCCO)cc1F)CC1CC1. The lowest BCUT2D eigenvalue weighted by Crippen LogP contribution is -2.26. The summed E-state index contributed by atoms with van der Waals surface area (Å²) in [6.07, 6.45) is 4.16. The van der Waals surface area contributed by atoms with Gasteiger partial charge < -0.3 is 5.11 Å². The Labute approximate surface area is 127 Å². The molecule has 1 aliphatic rings. The monoisotopic (exact) mass is 289 g/mol. The number of halogens is 1. The maximum Gasteiger partial charge on any atom is 0.128 e. The Balaban J connectivity index is 1.99. The molecule has 0 spiro atoms. The first-order valence-corrected chi connectivity index (χ1v) is 7.83. The van der Waals surface area contributed by atoms with E-state index in [1.165, 1.54) is 18.9 Å². The van der Waals surface area contributed by atoms with Gasteiger partial charge in [0.05, 0.1) is 6.61 Å². The molecule has 114 valence electrons. The average Bonchev–Trinajstić information content (AvgIpc) is 3.26. The molecule has 0 atom stereocenters. The van der Waals surface area contributed by atoms with Gasteiger partial charge in [-0.2, -0.15) is 0 Å². The first-order valence-electron chi connectivity index (χ1n) is 7.83. The van der Waals surface area contributed by atoms with Crippen LogP contribution in [0.15, 0.2) is 18.2 Å². The van der Waals surface area contributed by atoms with E-state index in [9.17, 15) is 4.39 Å². The van der Waals surface area contributed by atoms with Crippen molar-refractivity contribution >= 4 is 0 Å². The van der Waals surface area contributed by atoms with Crippen LogP contribution in [0.3, 0.4) is 0 Å². The Morgan fingerprint density at radius 3 is 2.81 bits per heavy atom. The summed E-state index contributed by atoms with van der Waals surface area (Å²) < 4.78 is 14.2. The fourth-order valence-corrected chi connectivity index (χ4v) is 2.43. The second kappa shape index (κ2) is 8.17. The van der Waals surface area contributed by atoms with Crippen LogP contribution in [0.25, 0.3) is 0 Å². The third-order valence-corrected chi connectivity index (χ3v) is 3.67. The highest BCUT2D eigenvalue weighted by atomic mass is 19.1. The number of rotatable bonds is 7. The zero-order chi connectivity index (χ0) is 15.1. The Morgan fingerprint density at radius 2 is 2.19 bits per heavy atom. The molecule has 0 aliphatic heterocycles. The molecule has 0 unspecified atom stereocenters. The molecule has 0 bridgehead atoms. The number of aliphatic hydroxyl groups is 1.